The Morgan fingerprint density at radius 3 is 1.88 bits per heavy atom. The molecule has 0 heterocycles. The minimum Gasteiger partial charge on any atom is -1.00 e. The predicted molar refractivity (Wildman–Crippen MR) is 106 cm³/mol. The van der Waals surface area contributed by atoms with Crippen LogP contribution in [0.4, 0.5) is 0 Å². The zero-order chi connectivity index (χ0) is 17.6. The molecule has 0 amide bonds. The molecule has 0 spiro atoms. The molecule has 0 atom stereocenters. The van der Waals surface area contributed by atoms with Crippen molar-refractivity contribution in [2.75, 3.05) is 0 Å². The minimum atomic E-state index is -1.00. The Labute approximate surface area is 181 Å². The Hall–Kier alpha value is 0.727. The van der Waals surface area contributed by atoms with Crippen LogP contribution in [0, 0.1) is 12.2 Å². The van der Waals surface area contributed by atoms with Crippen LogP contribution in [0.15, 0.2) is 36.1 Å². The van der Waals surface area contributed by atoms with Gasteiger partial charge < -0.3 is 24.8 Å². The van der Waals surface area contributed by atoms with E-state index in [1.165, 1.54) is 9.25 Å². The van der Waals surface area contributed by atoms with Crippen molar-refractivity contribution in [3.63, 3.8) is 0 Å². The van der Waals surface area contributed by atoms with Crippen molar-refractivity contribution in [1.82, 2.24) is 0 Å². The predicted octanol–water partition coefficient (Wildman–Crippen LogP) is 0.177. The molecule has 1 rings (SSSR count). The largest absolute Gasteiger partial charge is 1.00 e. The summed E-state index contributed by atoms with van der Waals surface area (Å²) in [6, 6.07) is 1.24. The molecule has 0 saturated carbocycles. The van der Waals surface area contributed by atoms with E-state index in [0.29, 0.717) is 0 Å². The van der Waals surface area contributed by atoms with Gasteiger partial charge in [0.2, 0.25) is 0 Å². The second kappa shape index (κ2) is 18.5. The van der Waals surface area contributed by atoms with Crippen LogP contribution in [0.3, 0.4) is 0 Å². The minimum absolute atomic E-state index is 0. The molecule has 1 aliphatic rings. The van der Waals surface area contributed by atoms with Gasteiger partial charge in [0, 0.05) is 8.07 Å². The van der Waals surface area contributed by atoms with E-state index in [0.717, 1.165) is 6.42 Å². The van der Waals surface area contributed by atoms with Crippen LogP contribution >= 0.6 is 0 Å². The van der Waals surface area contributed by atoms with E-state index < -0.39 is 16.1 Å². The normalized spacial score (nSPS) is 12.8. The maximum Gasteiger partial charge on any atom is 0.0465 e. The molecule has 0 aliphatic heterocycles. The molecule has 0 fully saturated rings. The van der Waals surface area contributed by atoms with Crippen molar-refractivity contribution in [2.24, 2.45) is 0 Å². The van der Waals surface area contributed by atoms with Crippen molar-refractivity contribution in [3.05, 3.63) is 48.2 Å². The fourth-order valence-corrected chi connectivity index (χ4v) is 2.40. The van der Waals surface area contributed by atoms with E-state index in [2.05, 4.69) is 89.2 Å². The van der Waals surface area contributed by atoms with Crippen LogP contribution in [0.1, 0.15) is 20.3 Å². The molecule has 0 aromatic heterocycles. The van der Waals surface area contributed by atoms with Crippen LogP contribution in [0.5, 0.6) is 0 Å². The number of allylic oxidation sites excluding steroid dienone is 7. The molecule has 0 aromatic rings. The molecule has 0 N–H and O–H groups in total. The molecule has 0 unspecified atom stereocenters. The molecule has 0 radical (unpaired) electrons. The van der Waals surface area contributed by atoms with Gasteiger partial charge in [-0.1, -0.05) is 45.3 Å². The number of hydrogen-bond donors (Lipinski definition) is 0. The van der Waals surface area contributed by atoms with Crippen LogP contribution in [0.25, 0.3) is 0 Å². The van der Waals surface area contributed by atoms with Crippen molar-refractivity contribution in [3.8, 4) is 0 Å². The van der Waals surface area contributed by atoms with E-state index in [-0.39, 0.29) is 24.8 Å². The molecule has 0 nitrogen and oxygen atoms in total. The summed E-state index contributed by atoms with van der Waals surface area (Å²) in [5.41, 5.74) is 2.33. The van der Waals surface area contributed by atoms with E-state index in [1.807, 2.05) is 12.2 Å². The Balaban J connectivity index is -0.000000150. The average Bonchev–Trinajstić information content (AvgIpc) is 2.82. The maximum absolute atomic E-state index is 3.26. The third-order valence-electron chi connectivity index (χ3n) is 2.10. The number of halogens is 2. The third-order valence-corrected chi connectivity index (χ3v) is 4.69. The molecule has 1 aliphatic carbocycles. The van der Waals surface area contributed by atoms with Gasteiger partial charge in [0.25, 0.3) is 0 Å². The smallest absolute Gasteiger partial charge is 0.0465 e. The fraction of sp³-hybridized carbons (Fsp3) is 0.526. The Morgan fingerprint density at radius 1 is 1.12 bits per heavy atom. The first-order chi connectivity index (χ1) is 9.94. The standard InChI is InChI=1S/C11H23Si2.C5H5.C3H6.2ClH.Zr/c1-12(2,3)10-8-7-9-11-13(4,5)6;1-2-4-5-3-1;1-3-2;;;/h8-10H,11H2,1-6H3;1-3H,4H2;1-2H3;2*1H;/q2*-1;;;;+2/p-2. The molecule has 5 heteroatoms. The fourth-order valence-electron chi connectivity index (χ4n) is 1.07. The van der Waals surface area contributed by atoms with E-state index in [1.54, 1.807) is 24.2 Å². The van der Waals surface area contributed by atoms with E-state index in [9.17, 15) is 0 Å². The van der Waals surface area contributed by atoms with Crippen LogP contribution in [-0.2, 0) is 24.2 Å². The molecular formula is C19H34Cl2Si2Zr-2. The second-order valence-electron chi connectivity index (χ2n) is 7.84. The topological polar surface area (TPSA) is 0 Å². The van der Waals surface area contributed by atoms with E-state index in [4.69, 9.17) is 0 Å². The summed E-state index contributed by atoms with van der Waals surface area (Å²) in [5, 5.41) is 0. The maximum atomic E-state index is 3.26. The molecular weight excluding hydrogens is 447 g/mol. The van der Waals surface area contributed by atoms with Gasteiger partial charge in [0.05, 0.1) is 0 Å². The van der Waals surface area contributed by atoms with Gasteiger partial charge in [-0.15, -0.1) is 6.42 Å². The zero-order valence-corrected chi connectivity index (χ0v) is 22.6. The van der Waals surface area contributed by atoms with Crippen LogP contribution in [0.2, 0.25) is 45.3 Å². The summed E-state index contributed by atoms with van der Waals surface area (Å²) in [7, 11) is -1.90. The molecule has 0 saturated heterocycles. The van der Waals surface area contributed by atoms with Gasteiger partial charge in [-0.25, -0.2) is 23.9 Å². The summed E-state index contributed by atoms with van der Waals surface area (Å²) >= 11 is 1.55. The summed E-state index contributed by atoms with van der Waals surface area (Å²) in [5.74, 6) is 0. The molecule has 0 bridgehead atoms. The van der Waals surface area contributed by atoms with Gasteiger partial charge in [0.15, 0.2) is 0 Å². The zero-order valence-electron chi connectivity index (χ0n) is 16.6. The van der Waals surface area contributed by atoms with Gasteiger partial charge in [-0.2, -0.15) is 12.2 Å². The monoisotopic (exact) mass is 478 g/mol. The molecule has 0 aromatic carbocycles. The SMILES string of the molecule is C[C](C)=[Zr+2].C[Si](C)(C)C=C[C-]=CC[Si](C)(C)C.[C-]1=CC=CC1.[Cl-].[Cl-]. The van der Waals surface area contributed by atoms with Crippen molar-refractivity contribution in [2.45, 2.75) is 65.6 Å². The number of rotatable bonds is 4. The Bertz CT molecular complexity index is 398. The Morgan fingerprint density at radius 2 is 1.62 bits per heavy atom. The molecule has 24 heavy (non-hydrogen) atoms. The first-order valence-electron chi connectivity index (χ1n) is 7.93. The Kier molecular flexibility index (Phi) is 25.0. The van der Waals surface area contributed by atoms with Crippen molar-refractivity contribution >= 4 is 19.4 Å². The van der Waals surface area contributed by atoms with E-state index >= 15 is 0 Å². The van der Waals surface area contributed by atoms with Gasteiger partial charge in [0.1, 0.15) is 0 Å². The third kappa shape index (κ3) is 43.4. The first-order valence-corrected chi connectivity index (χ1v) is 16.4. The average molecular weight is 481 g/mol. The van der Waals surface area contributed by atoms with Gasteiger partial charge in [-0.05, 0) is 8.07 Å². The molecule has 138 valence electrons. The van der Waals surface area contributed by atoms with Crippen LogP contribution in [-0.4, -0.2) is 19.4 Å². The van der Waals surface area contributed by atoms with Crippen molar-refractivity contribution in [1.29, 1.82) is 0 Å². The van der Waals surface area contributed by atoms with Gasteiger partial charge in [-0.3, -0.25) is 12.2 Å². The second-order valence-corrected chi connectivity index (χ2v) is 20.9. The van der Waals surface area contributed by atoms with Crippen molar-refractivity contribution < 1.29 is 49.0 Å². The number of hydrogen-bond acceptors (Lipinski definition) is 0. The summed E-state index contributed by atoms with van der Waals surface area (Å²) < 4.78 is 1.51. The van der Waals surface area contributed by atoms with Gasteiger partial charge >= 0.3 is 41.3 Å². The summed E-state index contributed by atoms with van der Waals surface area (Å²) in [4.78, 5) is 0. The summed E-state index contributed by atoms with van der Waals surface area (Å²) in [6.07, 6.45) is 17.6. The van der Waals surface area contributed by atoms with Crippen LogP contribution < -0.4 is 24.8 Å². The quantitative estimate of drug-likeness (QED) is 0.306. The first kappa shape index (κ1) is 32.4. The summed E-state index contributed by atoms with van der Waals surface area (Å²) in [6.45, 7) is 18.4.